The summed E-state index contributed by atoms with van der Waals surface area (Å²) >= 11 is 0. The second kappa shape index (κ2) is 15.3. The van der Waals surface area contributed by atoms with Gasteiger partial charge in [0, 0.05) is 44.3 Å². The van der Waals surface area contributed by atoms with Crippen molar-refractivity contribution in [2.24, 2.45) is 0 Å². The highest BCUT2D eigenvalue weighted by atomic mass is 16.3. The summed E-state index contributed by atoms with van der Waals surface area (Å²) in [7, 11) is 0. The quantitative estimate of drug-likeness (QED) is 0.153. The molecule has 2 aromatic heterocycles. The molecule has 310 valence electrons. The summed E-state index contributed by atoms with van der Waals surface area (Å²) < 4.78 is 12.9. The molecule has 0 fully saturated rings. The van der Waals surface area contributed by atoms with Crippen LogP contribution in [0.25, 0.3) is 77.6 Å². The van der Waals surface area contributed by atoms with Gasteiger partial charge in [-0.05, 0) is 123 Å². The Kier molecular flexibility index (Phi) is 8.75. The first kappa shape index (κ1) is 37.9. The Morgan fingerprint density at radius 2 is 0.833 bits per heavy atom. The molecule has 0 saturated heterocycles. The Hall–Kier alpha value is -8.66. The van der Waals surface area contributed by atoms with E-state index in [-0.39, 0.29) is 0 Å². The zero-order chi connectivity index (χ0) is 43.6. The van der Waals surface area contributed by atoms with Crippen molar-refractivity contribution in [1.29, 1.82) is 0 Å². The van der Waals surface area contributed by atoms with Crippen molar-refractivity contribution in [3.05, 3.63) is 271 Å². The lowest BCUT2D eigenvalue weighted by molar-refractivity contribution is 0.632. The van der Waals surface area contributed by atoms with Gasteiger partial charge in [0.1, 0.15) is 22.5 Å². The summed E-state index contributed by atoms with van der Waals surface area (Å²) in [5.74, 6) is 0.859. The van der Waals surface area contributed by atoms with Crippen LogP contribution in [-0.2, 0) is 5.41 Å². The van der Waals surface area contributed by atoms with Gasteiger partial charge in [-0.25, -0.2) is 0 Å². The zero-order valence-corrected chi connectivity index (χ0v) is 35.9. The van der Waals surface area contributed by atoms with Gasteiger partial charge in [-0.15, -0.1) is 0 Å². The molecule has 1 aliphatic rings. The molecule has 10 aromatic carbocycles. The highest BCUT2D eigenvalue weighted by Gasteiger charge is 2.46. The first-order chi connectivity index (χ1) is 32.7. The fourth-order valence-electron chi connectivity index (χ4n) is 10.6. The van der Waals surface area contributed by atoms with Crippen molar-refractivity contribution in [2.75, 3.05) is 4.90 Å². The number of nitrogens with zero attached hydrogens (tertiary/aromatic N) is 1. The first-order valence-corrected chi connectivity index (χ1v) is 22.6. The Balaban J connectivity index is 0.976. The van der Waals surface area contributed by atoms with Gasteiger partial charge in [0.15, 0.2) is 0 Å². The predicted octanol–water partition coefficient (Wildman–Crippen LogP) is 17.2. The summed E-state index contributed by atoms with van der Waals surface area (Å²) in [5, 5.41) is 3.34. The summed E-state index contributed by atoms with van der Waals surface area (Å²) in [6.45, 7) is 0. The average Bonchev–Trinajstić information content (AvgIpc) is 4.06. The normalized spacial score (nSPS) is 12.7. The second-order valence-corrected chi connectivity index (χ2v) is 17.2. The molecule has 3 heteroatoms. The van der Waals surface area contributed by atoms with Crippen LogP contribution >= 0.6 is 0 Å². The number of benzene rings is 10. The summed E-state index contributed by atoms with van der Waals surface area (Å²) in [4.78, 5) is 2.38. The molecule has 0 unspecified atom stereocenters. The third kappa shape index (κ3) is 5.91. The molecule has 0 saturated carbocycles. The van der Waals surface area contributed by atoms with Gasteiger partial charge in [-0.3, -0.25) is 0 Å². The molecule has 0 radical (unpaired) electrons. The Morgan fingerprint density at radius 1 is 0.303 bits per heavy atom. The van der Waals surface area contributed by atoms with E-state index in [1.807, 2.05) is 18.2 Å². The maximum Gasteiger partial charge on any atom is 0.143 e. The molecule has 0 bridgehead atoms. The van der Waals surface area contributed by atoms with Crippen molar-refractivity contribution in [3.63, 3.8) is 0 Å². The van der Waals surface area contributed by atoms with Crippen LogP contribution in [0.5, 0.6) is 0 Å². The zero-order valence-electron chi connectivity index (χ0n) is 35.9. The molecular formula is C63H41NO2. The molecule has 0 spiro atoms. The van der Waals surface area contributed by atoms with Crippen molar-refractivity contribution in [2.45, 2.75) is 5.41 Å². The Labute approximate surface area is 383 Å². The predicted molar refractivity (Wildman–Crippen MR) is 272 cm³/mol. The molecular weight excluding hydrogens is 803 g/mol. The maximum atomic E-state index is 6.67. The van der Waals surface area contributed by atoms with Crippen LogP contribution in [0.4, 0.5) is 17.1 Å². The van der Waals surface area contributed by atoms with Crippen LogP contribution in [0, 0.1) is 0 Å². The lowest BCUT2D eigenvalue weighted by Gasteiger charge is -2.35. The van der Waals surface area contributed by atoms with E-state index in [0.29, 0.717) is 0 Å². The molecule has 13 rings (SSSR count). The number of rotatable bonds is 8. The van der Waals surface area contributed by atoms with Crippen molar-refractivity contribution in [1.82, 2.24) is 0 Å². The fraction of sp³-hybridized carbons (Fsp3) is 0.0159. The Bertz CT molecular complexity index is 3700. The maximum absolute atomic E-state index is 6.67. The van der Waals surface area contributed by atoms with Gasteiger partial charge in [-0.1, -0.05) is 176 Å². The largest absolute Gasteiger partial charge is 0.456 e. The molecule has 2 heterocycles. The Morgan fingerprint density at radius 3 is 1.53 bits per heavy atom. The number of hydrogen-bond donors (Lipinski definition) is 0. The van der Waals surface area contributed by atoms with Crippen LogP contribution in [0.2, 0.25) is 0 Å². The fourth-order valence-corrected chi connectivity index (χ4v) is 10.6. The number of hydrogen-bond acceptors (Lipinski definition) is 3. The molecule has 3 nitrogen and oxygen atoms in total. The smallest absolute Gasteiger partial charge is 0.143 e. The van der Waals surface area contributed by atoms with E-state index in [1.54, 1.807) is 0 Å². The molecule has 1 aliphatic carbocycles. The van der Waals surface area contributed by atoms with Gasteiger partial charge in [0.05, 0.1) is 5.41 Å². The monoisotopic (exact) mass is 843 g/mol. The standard InChI is InChI=1S/C63H41NO2/c1-3-16-43(17-4-1)61-54-25-10-14-29-59(54)66-62(61)44-32-37-49(38-33-44)64(48-35-30-42(31-36-48)45-34-39-60-55(40-45)53-24-9-13-28-58(53)65-60)50-21-15-20-47(41-50)63(46-18-5-2-6-19-46)56-26-11-7-22-51(56)52-23-8-12-27-57(52)63/h1-41H. The number of fused-ring (bicyclic) bond motifs is 7. The van der Waals surface area contributed by atoms with Gasteiger partial charge >= 0.3 is 0 Å². The van der Waals surface area contributed by atoms with Crippen LogP contribution in [0.15, 0.2) is 258 Å². The topological polar surface area (TPSA) is 29.5 Å². The van der Waals surface area contributed by atoms with E-state index in [9.17, 15) is 0 Å². The van der Waals surface area contributed by atoms with Crippen LogP contribution in [0.3, 0.4) is 0 Å². The third-order valence-electron chi connectivity index (χ3n) is 13.6. The number of furan rings is 2. The number of anilines is 3. The minimum atomic E-state index is -0.533. The van der Waals surface area contributed by atoms with Gasteiger partial charge in [0.2, 0.25) is 0 Å². The van der Waals surface area contributed by atoms with E-state index in [1.165, 1.54) is 33.4 Å². The minimum absolute atomic E-state index is 0.533. The van der Waals surface area contributed by atoms with E-state index < -0.39 is 5.41 Å². The average molecular weight is 844 g/mol. The van der Waals surface area contributed by atoms with Crippen molar-refractivity contribution >= 4 is 50.0 Å². The molecule has 66 heavy (non-hydrogen) atoms. The van der Waals surface area contributed by atoms with Crippen LogP contribution in [0.1, 0.15) is 22.3 Å². The second-order valence-electron chi connectivity index (χ2n) is 17.2. The molecule has 0 amide bonds. The van der Waals surface area contributed by atoms with Crippen molar-refractivity contribution in [3.8, 4) is 44.7 Å². The van der Waals surface area contributed by atoms with Gasteiger partial charge < -0.3 is 13.7 Å². The highest BCUT2D eigenvalue weighted by molar-refractivity contribution is 6.06. The van der Waals surface area contributed by atoms with Gasteiger partial charge in [0.25, 0.3) is 0 Å². The van der Waals surface area contributed by atoms with E-state index in [0.717, 1.165) is 83.5 Å². The third-order valence-corrected chi connectivity index (χ3v) is 13.6. The lowest BCUT2D eigenvalue weighted by atomic mass is 9.67. The van der Waals surface area contributed by atoms with Gasteiger partial charge in [-0.2, -0.15) is 0 Å². The molecule has 0 N–H and O–H groups in total. The lowest BCUT2D eigenvalue weighted by Crippen LogP contribution is -2.28. The SMILES string of the molecule is c1ccc(-c2c(-c3ccc(N(c4ccc(-c5ccc6oc7ccccc7c6c5)cc4)c4cccc(C5(c6ccccc6)c6ccccc6-c6ccccc65)c4)cc3)oc3ccccc23)cc1. The molecule has 0 aliphatic heterocycles. The minimum Gasteiger partial charge on any atom is -0.456 e. The number of para-hydroxylation sites is 2. The summed E-state index contributed by atoms with van der Waals surface area (Å²) in [6, 6.07) is 89.4. The summed E-state index contributed by atoms with van der Waals surface area (Å²) in [5.41, 5.74) is 18.4. The first-order valence-electron chi connectivity index (χ1n) is 22.6. The summed E-state index contributed by atoms with van der Waals surface area (Å²) in [6.07, 6.45) is 0. The van der Waals surface area contributed by atoms with Crippen LogP contribution < -0.4 is 4.90 Å². The van der Waals surface area contributed by atoms with E-state index in [2.05, 4.69) is 235 Å². The molecule has 0 atom stereocenters. The van der Waals surface area contributed by atoms with Crippen molar-refractivity contribution < 1.29 is 8.83 Å². The molecule has 12 aromatic rings. The van der Waals surface area contributed by atoms with Crippen LogP contribution in [-0.4, -0.2) is 0 Å². The van der Waals surface area contributed by atoms with E-state index in [4.69, 9.17) is 8.83 Å². The van der Waals surface area contributed by atoms with E-state index >= 15 is 0 Å². The highest BCUT2D eigenvalue weighted by Crippen LogP contribution is 2.56.